The number of rotatable bonds is 5. The summed E-state index contributed by atoms with van der Waals surface area (Å²) in [7, 11) is 0. The van der Waals surface area contributed by atoms with E-state index in [9.17, 15) is 4.79 Å². The largest absolute Gasteiger partial charge is 0.445 e. The third kappa shape index (κ3) is 4.92. The zero-order chi connectivity index (χ0) is 21.6. The van der Waals surface area contributed by atoms with Crippen molar-refractivity contribution < 1.29 is 14.3 Å². The molecule has 0 unspecified atom stereocenters. The molecule has 0 N–H and O–H groups in total. The van der Waals surface area contributed by atoms with Crippen LogP contribution in [0.25, 0.3) is 4.85 Å². The first-order valence-corrected chi connectivity index (χ1v) is 11.5. The zero-order valence-corrected chi connectivity index (χ0v) is 18.3. The molecular weight excluding hydrogens is 414 g/mol. The Morgan fingerprint density at radius 1 is 1.32 bits per heavy atom. The normalized spacial score (nSPS) is 18.3. The molecule has 2 aliphatic heterocycles. The highest BCUT2D eigenvalue weighted by Gasteiger charge is 2.35. The van der Waals surface area contributed by atoms with Gasteiger partial charge in [-0.15, -0.1) is 0 Å². The molecule has 0 aliphatic carbocycles. The van der Waals surface area contributed by atoms with Crippen molar-refractivity contribution in [3.05, 3.63) is 58.6 Å². The van der Waals surface area contributed by atoms with Gasteiger partial charge in [0.2, 0.25) is 6.54 Å². The molecule has 0 spiro atoms. The van der Waals surface area contributed by atoms with Crippen molar-refractivity contribution >= 4 is 23.7 Å². The van der Waals surface area contributed by atoms with E-state index in [1.165, 1.54) is 11.8 Å². The highest BCUT2D eigenvalue weighted by Crippen LogP contribution is 2.29. The van der Waals surface area contributed by atoms with Gasteiger partial charge in [0, 0.05) is 31.6 Å². The third-order valence-corrected chi connectivity index (χ3v) is 6.03. The molecule has 2 aliphatic rings. The number of amides is 1. The first-order chi connectivity index (χ1) is 15.2. The van der Waals surface area contributed by atoms with Crippen molar-refractivity contribution in [3.8, 4) is 0 Å². The molecule has 2 aromatic rings. The Bertz CT molecular complexity index is 966. The maximum absolute atomic E-state index is 12.8. The highest BCUT2D eigenvalue weighted by molar-refractivity contribution is 7.98. The molecule has 3 heterocycles. The summed E-state index contributed by atoms with van der Waals surface area (Å²) < 4.78 is 11.2. The van der Waals surface area contributed by atoms with E-state index in [2.05, 4.69) is 14.7 Å². The minimum absolute atomic E-state index is 0.218. The van der Waals surface area contributed by atoms with E-state index in [0.717, 1.165) is 34.2 Å². The molecule has 31 heavy (non-hydrogen) atoms. The van der Waals surface area contributed by atoms with Gasteiger partial charge < -0.3 is 19.2 Å². The van der Waals surface area contributed by atoms with Crippen LogP contribution < -0.4 is 4.90 Å². The standard InChI is InChI=1S/C22H25N5O3S/c1-23-12-17-13-26(20-18-15-29-11-8-19(18)24-21(25-20)31-2)9-10-27(17)22(28)30-14-16-6-4-3-5-7-16/h3-7,17H,8-15H2,2H3/t17-/m0/s1. The van der Waals surface area contributed by atoms with E-state index in [0.29, 0.717) is 32.8 Å². The molecule has 9 heteroatoms. The van der Waals surface area contributed by atoms with Crippen LogP contribution in [0.15, 0.2) is 35.5 Å². The summed E-state index contributed by atoms with van der Waals surface area (Å²) in [6.07, 6.45) is 2.36. The highest BCUT2D eigenvalue weighted by atomic mass is 32.2. The quantitative estimate of drug-likeness (QED) is 0.403. The van der Waals surface area contributed by atoms with Crippen LogP contribution in [-0.4, -0.2) is 66.0 Å². The maximum Gasteiger partial charge on any atom is 0.410 e. The van der Waals surface area contributed by atoms with Crippen LogP contribution in [0.3, 0.4) is 0 Å². The number of nitrogens with zero attached hydrogens (tertiary/aromatic N) is 5. The third-order valence-electron chi connectivity index (χ3n) is 5.49. The Labute approximate surface area is 186 Å². The molecule has 4 rings (SSSR count). The Morgan fingerprint density at radius 3 is 2.94 bits per heavy atom. The number of thioether (sulfide) groups is 1. The van der Waals surface area contributed by atoms with Gasteiger partial charge in [-0.2, -0.15) is 0 Å². The molecule has 1 amide bonds. The molecule has 8 nitrogen and oxygen atoms in total. The number of carbonyl (C=O) groups excluding carboxylic acids is 1. The lowest BCUT2D eigenvalue weighted by atomic mass is 10.1. The molecule has 162 valence electrons. The van der Waals surface area contributed by atoms with Gasteiger partial charge >= 0.3 is 6.09 Å². The molecule has 1 aromatic heterocycles. The summed E-state index contributed by atoms with van der Waals surface area (Å²) in [5.74, 6) is 0.862. The van der Waals surface area contributed by atoms with E-state index in [4.69, 9.17) is 21.0 Å². The van der Waals surface area contributed by atoms with Gasteiger partial charge in [0.15, 0.2) is 5.16 Å². The smallest absolute Gasteiger partial charge is 0.410 e. The molecule has 0 radical (unpaired) electrons. The minimum Gasteiger partial charge on any atom is -0.445 e. The number of benzene rings is 1. The number of hydrogen-bond donors (Lipinski definition) is 0. The minimum atomic E-state index is -0.380. The van der Waals surface area contributed by atoms with E-state index in [-0.39, 0.29) is 25.3 Å². The van der Waals surface area contributed by atoms with Gasteiger partial charge in [-0.05, 0) is 11.8 Å². The SMILES string of the molecule is [C-]#[N+]C[C@H]1CN(c2nc(SC)nc3c2COCC3)CCN1C(=O)OCc1ccccc1. The Morgan fingerprint density at radius 2 is 2.16 bits per heavy atom. The molecule has 0 bridgehead atoms. The number of fused-ring (bicyclic) bond motifs is 1. The first kappa shape index (κ1) is 21.4. The van der Waals surface area contributed by atoms with Gasteiger partial charge in [0.1, 0.15) is 18.5 Å². The predicted molar refractivity (Wildman–Crippen MR) is 118 cm³/mol. The Kier molecular flexibility index (Phi) is 6.89. The van der Waals surface area contributed by atoms with Crippen molar-refractivity contribution in [1.29, 1.82) is 0 Å². The van der Waals surface area contributed by atoms with Gasteiger partial charge in [-0.3, -0.25) is 4.90 Å². The maximum atomic E-state index is 12.8. The first-order valence-electron chi connectivity index (χ1n) is 10.3. The van der Waals surface area contributed by atoms with Crippen molar-refractivity contribution in [2.24, 2.45) is 0 Å². The Hall–Kier alpha value is -2.83. The summed E-state index contributed by atoms with van der Waals surface area (Å²) in [6, 6.07) is 9.34. The topological polar surface area (TPSA) is 72.2 Å². The number of anilines is 1. The fourth-order valence-corrected chi connectivity index (χ4v) is 4.28. The summed E-state index contributed by atoms with van der Waals surface area (Å²) in [5.41, 5.74) is 2.99. The molecule has 1 fully saturated rings. The number of carbonyl (C=O) groups is 1. The van der Waals surface area contributed by atoms with Crippen LogP contribution in [0, 0.1) is 6.57 Å². The molecule has 1 atom stereocenters. The van der Waals surface area contributed by atoms with Crippen LogP contribution >= 0.6 is 11.8 Å². The van der Waals surface area contributed by atoms with Gasteiger partial charge in [0.25, 0.3) is 0 Å². The number of piperazine rings is 1. The number of ether oxygens (including phenoxy) is 2. The zero-order valence-electron chi connectivity index (χ0n) is 17.5. The molecule has 1 aromatic carbocycles. The van der Waals surface area contributed by atoms with Gasteiger partial charge in [0.05, 0.1) is 18.9 Å². The van der Waals surface area contributed by atoms with E-state index in [1.54, 1.807) is 4.90 Å². The molecule has 1 saturated heterocycles. The van der Waals surface area contributed by atoms with Gasteiger partial charge in [-0.25, -0.2) is 21.3 Å². The number of aromatic nitrogens is 2. The second kappa shape index (κ2) is 9.98. The van der Waals surface area contributed by atoms with Crippen molar-refractivity contribution in [1.82, 2.24) is 14.9 Å². The fourth-order valence-electron chi connectivity index (χ4n) is 3.90. The molecular formula is C22H25N5O3S. The monoisotopic (exact) mass is 439 g/mol. The Balaban J connectivity index is 1.49. The van der Waals surface area contributed by atoms with Crippen molar-refractivity contribution in [3.63, 3.8) is 0 Å². The lowest BCUT2D eigenvalue weighted by molar-refractivity contribution is 0.0785. The van der Waals surface area contributed by atoms with Gasteiger partial charge in [-0.1, -0.05) is 42.1 Å². The lowest BCUT2D eigenvalue weighted by Crippen LogP contribution is -2.57. The fraction of sp³-hybridized carbons (Fsp3) is 0.455. The van der Waals surface area contributed by atoms with E-state index >= 15 is 0 Å². The average molecular weight is 440 g/mol. The predicted octanol–water partition coefficient (Wildman–Crippen LogP) is 3.02. The second-order valence-corrected chi connectivity index (χ2v) is 8.21. The van der Waals surface area contributed by atoms with Crippen LogP contribution in [0.2, 0.25) is 0 Å². The summed E-state index contributed by atoms with van der Waals surface area (Å²) in [6.45, 7) is 10.6. The van der Waals surface area contributed by atoms with E-state index < -0.39 is 0 Å². The van der Waals surface area contributed by atoms with Crippen LogP contribution in [0.5, 0.6) is 0 Å². The summed E-state index contributed by atoms with van der Waals surface area (Å²) in [4.78, 5) is 29.6. The summed E-state index contributed by atoms with van der Waals surface area (Å²) >= 11 is 1.52. The molecule has 0 saturated carbocycles. The van der Waals surface area contributed by atoms with Crippen LogP contribution in [0.4, 0.5) is 10.6 Å². The second-order valence-electron chi connectivity index (χ2n) is 7.44. The van der Waals surface area contributed by atoms with E-state index in [1.807, 2.05) is 36.6 Å². The average Bonchev–Trinajstić information content (AvgIpc) is 2.82. The van der Waals surface area contributed by atoms with Crippen molar-refractivity contribution in [2.75, 3.05) is 43.9 Å². The number of hydrogen-bond acceptors (Lipinski definition) is 7. The lowest BCUT2D eigenvalue weighted by Gasteiger charge is -2.40. The van der Waals surface area contributed by atoms with Crippen LogP contribution in [-0.2, 0) is 29.1 Å². The summed E-state index contributed by atoms with van der Waals surface area (Å²) in [5, 5.41) is 0.738. The van der Waals surface area contributed by atoms with Crippen molar-refractivity contribution in [2.45, 2.75) is 30.8 Å². The van der Waals surface area contributed by atoms with Crippen LogP contribution in [0.1, 0.15) is 16.8 Å².